The Balaban J connectivity index is 1.09. The van der Waals surface area contributed by atoms with Gasteiger partial charge in [-0.3, -0.25) is 4.99 Å². The lowest BCUT2D eigenvalue weighted by molar-refractivity contribution is 0.159. The van der Waals surface area contributed by atoms with Crippen LogP contribution in [0.4, 0.5) is 5.69 Å². The molecule has 214 valence electrons. The maximum atomic E-state index is 5.85. The third-order valence-corrected chi connectivity index (χ3v) is 11.3. The summed E-state index contributed by atoms with van der Waals surface area (Å²) < 4.78 is 11.5. The largest absolute Gasteiger partial charge is 0.454 e. The van der Waals surface area contributed by atoms with Gasteiger partial charge in [0.25, 0.3) is 0 Å². The zero-order valence-electron chi connectivity index (χ0n) is 24.2. The van der Waals surface area contributed by atoms with Crippen LogP contribution in [0.5, 0.6) is 11.5 Å². The first-order valence-electron chi connectivity index (χ1n) is 15.5. The Labute approximate surface area is 253 Å². The highest BCUT2D eigenvalue weighted by Gasteiger charge is 2.76. The van der Waals surface area contributed by atoms with Crippen LogP contribution in [0.1, 0.15) is 69.8 Å². The molecule has 1 unspecified atom stereocenters. The van der Waals surface area contributed by atoms with Crippen LogP contribution in [0, 0.1) is 34.5 Å². The molecule has 2 aromatic rings. The molecule has 0 saturated heterocycles. The van der Waals surface area contributed by atoms with Crippen LogP contribution in [0.3, 0.4) is 0 Å². The summed E-state index contributed by atoms with van der Waals surface area (Å²) in [7, 11) is 0. The van der Waals surface area contributed by atoms with Crippen molar-refractivity contribution in [2.24, 2.45) is 27.7 Å². The molecule has 1 heterocycles. The Kier molecular flexibility index (Phi) is 6.23. The van der Waals surface area contributed by atoms with Gasteiger partial charge in [-0.25, -0.2) is 0 Å². The number of para-hydroxylation sites is 1. The van der Waals surface area contributed by atoms with Gasteiger partial charge >= 0.3 is 0 Å². The Morgan fingerprint density at radius 1 is 1.07 bits per heavy atom. The number of ether oxygens (including phenoxy) is 2. The summed E-state index contributed by atoms with van der Waals surface area (Å²) in [5, 5.41) is 7.08. The van der Waals surface area contributed by atoms with Gasteiger partial charge in [-0.1, -0.05) is 35.8 Å². The number of nitrogens with one attached hydrogen (secondary N) is 2. The lowest BCUT2D eigenvalue weighted by Gasteiger charge is -2.48. The topological polar surface area (TPSA) is 54.9 Å². The Hall–Kier alpha value is -3.56. The summed E-state index contributed by atoms with van der Waals surface area (Å²) >= 11 is 5.48. The molecule has 0 bridgehead atoms. The Bertz CT molecular complexity index is 1610. The summed E-state index contributed by atoms with van der Waals surface area (Å²) in [6.45, 7) is 2.83. The number of allylic oxidation sites excluding steroid dienone is 4. The maximum absolute atomic E-state index is 5.85. The highest BCUT2D eigenvalue weighted by Crippen LogP contribution is 2.83. The van der Waals surface area contributed by atoms with E-state index < -0.39 is 0 Å². The number of nitrogens with zero attached hydrogens (tertiary/aromatic N) is 1. The van der Waals surface area contributed by atoms with Gasteiger partial charge < -0.3 is 20.1 Å². The molecule has 42 heavy (non-hydrogen) atoms. The Morgan fingerprint density at radius 2 is 1.95 bits per heavy atom. The summed E-state index contributed by atoms with van der Waals surface area (Å²) in [4.78, 5) is 4.91. The maximum Gasteiger partial charge on any atom is 0.231 e. The number of benzene rings is 2. The molecule has 1 spiro atoms. The Morgan fingerprint density at radius 3 is 2.83 bits per heavy atom. The van der Waals surface area contributed by atoms with E-state index in [4.69, 9.17) is 26.7 Å². The molecule has 8 rings (SSSR count). The van der Waals surface area contributed by atoms with Gasteiger partial charge in [0.1, 0.15) is 6.67 Å². The predicted molar refractivity (Wildman–Crippen MR) is 171 cm³/mol. The van der Waals surface area contributed by atoms with Crippen LogP contribution >= 0.6 is 12.2 Å². The second-order valence-electron chi connectivity index (χ2n) is 12.9. The van der Waals surface area contributed by atoms with Crippen molar-refractivity contribution >= 4 is 28.7 Å². The monoisotopic (exact) mass is 575 g/mol. The smallest absolute Gasteiger partial charge is 0.231 e. The van der Waals surface area contributed by atoms with E-state index in [1.54, 1.807) is 11.1 Å². The second-order valence-corrected chi connectivity index (χ2v) is 13.3. The fraction of sp³-hybridized carbons (Fsp3) is 0.444. The molecular formula is C36H37N3O2S. The van der Waals surface area contributed by atoms with Crippen LogP contribution < -0.4 is 20.1 Å². The number of thiocarbonyl (C=S) groups is 1. The van der Waals surface area contributed by atoms with Gasteiger partial charge in [-0.15, -0.1) is 5.92 Å². The molecule has 6 aliphatic rings. The minimum atomic E-state index is 0.253. The summed E-state index contributed by atoms with van der Waals surface area (Å²) in [5.74, 6) is 10.7. The van der Waals surface area contributed by atoms with Crippen molar-refractivity contribution < 1.29 is 9.47 Å². The first-order chi connectivity index (χ1) is 20.6. The van der Waals surface area contributed by atoms with Gasteiger partial charge in [-0.2, -0.15) is 0 Å². The van der Waals surface area contributed by atoms with Crippen molar-refractivity contribution in [3.8, 4) is 23.3 Å². The van der Waals surface area contributed by atoms with Crippen LogP contribution in [0.2, 0.25) is 0 Å². The molecule has 2 N–H and O–H groups in total. The van der Waals surface area contributed by atoms with Crippen molar-refractivity contribution in [2.45, 2.75) is 64.2 Å². The van der Waals surface area contributed by atoms with Crippen molar-refractivity contribution in [2.75, 3.05) is 18.8 Å². The zero-order chi connectivity index (χ0) is 28.3. The fourth-order valence-electron chi connectivity index (χ4n) is 9.31. The van der Waals surface area contributed by atoms with Crippen molar-refractivity contribution in [1.82, 2.24) is 5.32 Å². The molecule has 3 saturated carbocycles. The molecule has 5 nitrogen and oxygen atoms in total. The molecule has 6 heteroatoms. The zero-order valence-corrected chi connectivity index (χ0v) is 25.0. The third-order valence-electron chi connectivity index (χ3n) is 11.0. The number of aliphatic imine (C=N–C) groups is 1. The number of hydrogen-bond acceptors (Lipinski definition) is 4. The molecule has 0 amide bonds. The van der Waals surface area contributed by atoms with Gasteiger partial charge in [0.2, 0.25) is 6.79 Å². The van der Waals surface area contributed by atoms with Crippen molar-refractivity contribution in [1.29, 1.82) is 0 Å². The summed E-state index contributed by atoms with van der Waals surface area (Å²) in [5.41, 5.74) is 9.03. The quantitative estimate of drug-likeness (QED) is 0.292. The molecule has 5 atom stereocenters. The molecule has 0 radical (unpaired) electrons. The van der Waals surface area contributed by atoms with Gasteiger partial charge in [0, 0.05) is 22.7 Å². The van der Waals surface area contributed by atoms with Crippen molar-refractivity contribution in [3.05, 3.63) is 76.9 Å². The van der Waals surface area contributed by atoms with E-state index in [2.05, 4.69) is 46.7 Å². The van der Waals surface area contributed by atoms with E-state index >= 15 is 0 Å². The molecule has 1 aliphatic heterocycles. The SMILES string of the molecule is CC#C[C@]12CCC3[C@@H]4CCC5=C/C(=N/CNC(=S)Nc6ccccc6)CCC5=C4[C@@H](c4ccc5c(c4)OCO5)C[C@@]31C2. The normalized spacial score (nSPS) is 32.5. The van der Waals surface area contributed by atoms with Crippen LogP contribution in [0.15, 0.2) is 76.3 Å². The number of fused-ring (bicyclic) bond motifs is 4. The van der Waals surface area contributed by atoms with Crippen LogP contribution in [-0.4, -0.2) is 24.3 Å². The first kappa shape index (κ1) is 26.1. The van der Waals surface area contributed by atoms with Crippen LogP contribution in [0.25, 0.3) is 0 Å². The van der Waals surface area contributed by atoms with E-state index in [1.807, 2.05) is 37.3 Å². The predicted octanol–water partition coefficient (Wildman–Crippen LogP) is 7.52. The summed E-state index contributed by atoms with van der Waals surface area (Å²) in [6, 6.07) is 16.7. The van der Waals surface area contributed by atoms with E-state index in [9.17, 15) is 0 Å². The number of hydrogen-bond donors (Lipinski definition) is 2. The number of rotatable bonds is 4. The van der Waals surface area contributed by atoms with Crippen LogP contribution in [-0.2, 0) is 0 Å². The standard InChI is InChI=1S/C36H37N3O2S/c1-2-15-35-16-14-30-28-11-8-23-17-26(37-21-38-34(42)39-25-6-4-3-5-7-25)10-12-27(23)33(28)29(19-36(30,35)20-35)24-9-13-31-32(18-24)41-22-40-31/h3-7,9,13,17-18,28-30H,8,10-12,14,16,19-22H2,1H3,(H2,38,39,42)/b37-26+/t28-,29+,30?,35+,36+/m0/s1. The first-order valence-corrected chi connectivity index (χ1v) is 15.9. The number of anilines is 1. The highest BCUT2D eigenvalue weighted by atomic mass is 32.1. The average molecular weight is 576 g/mol. The lowest BCUT2D eigenvalue weighted by atomic mass is 9.56. The second kappa shape index (κ2) is 10.0. The van der Waals surface area contributed by atoms with Crippen molar-refractivity contribution in [3.63, 3.8) is 0 Å². The van der Waals surface area contributed by atoms with Gasteiger partial charge in [0.15, 0.2) is 16.6 Å². The van der Waals surface area contributed by atoms with E-state index in [1.165, 1.54) is 49.0 Å². The molecule has 0 aromatic heterocycles. The highest BCUT2D eigenvalue weighted by molar-refractivity contribution is 7.80. The van der Waals surface area contributed by atoms with Gasteiger partial charge in [0.05, 0.1) is 0 Å². The molecule has 3 fully saturated rings. The average Bonchev–Trinajstić information content (AvgIpc) is 3.28. The fourth-order valence-corrected chi connectivity index (χ4v) is 9.49. The van der Waals surface area contributed by atoms with E-state index in [0.29, 0.717) is 35.8 Å². The third kappa shape index (κ3) is 4.12. The lowest BCUT2D eigenvalue weighted by Crippen LogP contribution is -2.38. The van der Waals surface area contributed by atoms with Gasteiger partial charge in [-0.05, 0) is 135 Å². The summed E-state index contributed by atoms with van der Waals surface area (Å²) in [6.07, 6.45) is 11.9. The molecule has 5 aliphatic carbocycles. The molecule has 2 aromatic carbocycles. The molecular weight excluding hydrogens is 538 g/mol. The van der Waals surface area contributed by atoms with E-state index in [-0.39, 0.29) is 5.41 Å². The minimum absolute atomic E-state index is 0.253. The minimum Gasteiger partial charge on any atom is -0.454 e. The van der Waals surface area contributed by atoms with E-state index in [0.717, 1.165) is 42.4 Å².